The van der Waals surface area contributed by atoms with Crippen molar-refractivity contribution in [3.8, 4) is 11.1 Å². The fourth-order valence-electron chi connectivity index (χ4n) is 8.41. The molecule has 5 atom stereocenters. The van der Waals surface area contributed by atoms with Gasteiger partial charge in [-0.25, -0.2) is 29.4 Å². The molecular weight excluding hydrogens is 909 g/mol. The Morgan fingerprint density at radius 1 is 0.696 bits per heavy atom. The Hall–Kier alpha value is -6.38. The van der Waals surface area contributed by atoms with Crippen molar-refractivity contribution in [1.29, 1.82) is 0 Å². The lowest BCUT2D eigenvalue weighted by Crippen LogP contribution is -2.68. The van der Waals surface area contributed by atoms with E-state index in [0.29, 0.717) is 0 Å². The number of hydrogen-bond acceptors (Lipinski definition) is 11. The van der Waals surface area contributed by atoms with Crippen LogP contribution in [0.25, 0.3) is 22.3 Å². The highest BCUT2D eigenvalue weighted by molar-refractivity contribution is 6.74. The highest BCUT2D eigenvalue weighted by Gasteiger charge is 2.57. The Labute approximate surface area is 404 Å². The van der Waals surface area contributed by atoms with E-state index in [1.165, 1.54) is 17.2 Å². The molecule has 4 aromatic carbocycles. The summed E-state index contributed by atoms with van der Waals surface area (Å²) in [6.07, 6.45) is -3.57. The Morgan fingerprint density at radius 2 is 1.19 bits per heavy atom. The largest absolute Gasteiger partial charge is 0.479 e. The minimum absolute atomic E-state index is 0.00117. The van der Waals surface area contributed by atoms with Crippen molar-refractivity contribution in [1.82, 2.24) is 24.8 Å². The summed E-state index contributed by atoms with van der Waals surface area (Å²) in [5, 5.41) is 13.5. The number of aromatic nitrogens is 4. The number of aliphatic carboxylic acids is 1. The molecule has 0 bridgehead atoms. The third kappa shape index (κ3) is 9.53. The molecule has 3 heterocycles. The Balaban J connectivity index is 1.26. The maximum atomic E-state index is 14.6. The number of amides is 3. The number of carboxylic acid groups (broad SMARTS) is 1. The molecule has 360 valence electrons. The van der Waals surface area contributed by atoms with Crippen LogP contribution in [0.4, 0.5) is 10.6 Å². The molecule has 0 spiro atoms. The van der Waals surface area contributed by atoms with Gasteiger partial charge in [-0.15, -0.1) is 0 Å². The summed E-state index contributed by atoms with van der Waals surface area (Å²) in [7, 11) is -5.65. The Bertz CT molecular complexity index is 2780. The lowest BCUT2D eigenvalue weighted by molar-refractivity contribution is -0.210. The summed E-state index contributed by atoms with van der Waals surface area (Å²) in [6.45, 7) is 20.5. The Kier molecular flexibility index (Phi) is 13.4. The number of anilines is 1. The lowest BCUT2D eigenvalue weighted by Gasteiger charge is -2.52. The summed E-state index contributed by atoms with van der Waals surface area (Å²) in [5.74, 6) is -3.01. The molecule has 69 heavy (non-hydrogen) atoms. The van der Waals surface area contributed by atoms with Crippen LogP contribution in [0.15, 0.2) is 122 Å². The first-order valence-electron chi connectivity index (χ1n) is 23.1. The summed E-state index contributed by atoms with van der Waals surface area (Å²) in [4.78, 5) is 71.8. The van der Waals surface area contributed by atoms with Crippen molar-refractivity contribution < 1.29 is 42.6 Å². The molecule has 17 heteroatoms. The smallest absolute Gasteiger partial charge is 0.407 e. The van der Waals surface area contributed by atoms with Crippen LogP contribution in [-0.4, -0.2) is 96.1 Å². The van der Waals surface area contributed by atoms with E-state index in [-0.39, 0.29) is 50.7 Å². The first-order chi connectivity index (χ1) is 32.6. The fourth-order valence-corrected chi connectivity index (χ4v) is 11.0. The minimum Gasteiger partial charge on any atom is -0.479 e. The average molecular weight is 969 g/mol. The molecule has 2 aliphatic rings. The third-order valence-corrected chi connectivity index (χ3v) is 23.1. The van der Waals surface area contributed by atoms with Crippen molar-refractivity contribution >= 4 is 57.5 Å². The average Bonchev–Trinajstić information content (AvgIpc) is 3.89. The number of carboxylic acids is 1. The topological polar surface area (TPSA) is 184 Å². The van der Waals surface area contributed by atoms with Gasteiger partial charge in [-0.1, -0.05) is 126 Å². The van der Waals surface area contributed by atoms with E-state index >= 15 is 0 Å². The van der Waals surface area contributed by atoms with Gasteiger partial charge in [-0.3, -0.25) is 14.2 Å². The molecule has 0 radical (unpaired) electrons. The third-order valence-electron chi connectivity index (χ3n) is 14.2. The molecule has 3 amide bonds. The van der Waals surface area contributed by atoms with Crippen LogP contribution in [0.5, 0.6) is 0 Å². The zero-order valence-corrected chi connectivity index (χ0v) is 42.7. The van der Waals surface area contributed by atoms with Crippen LogP contribution in [0, 0.1) is 0 Å². The van der Waals surface area contributed by atoms with Crippen LogP contribution >= 0.6 is 0 Å². The number of imidazole rings is 1. The zero-order valence-electron chi connectivity index (χ0n) is 40.7. The van der Waals surface area contributed by atoms with Crippen LogP contribution in [0.1, 0.15) is 85.5 Å². The molecule has 1 aliphatic heterocycles. The number of alkyl carbamates (subject to hydrolysis) is 1. The number of hydrogen-bond donors (Lipinski definition) is 2. The van der Waals surface area contributed by atoms with Crippen LogP contribution in [0.2, 0.25) is 36.3 Å². The minimum atomic E-state index is -2.85. The molecule has 1 fully saturated rings. The van der Waals surface area contributed by atoms with Gasteiger partial charge in [0.1, 0.15) is 25.1 Å². The SMILES string of the molecule is CC(C)(C)[Si](C)(C)O[C@H]1[C@H](O[Si](C)(C)C(C)(C)C)[C@@H](NC(=O)OCC2c3ccccc3-c3ccccc32)C(n2cnc3c(N(C(=O)c4ccccc4)C(=O)c4ccccc4)ncnc32)O[C@@H]1C(=O)O. The number of benzene rings is 4. The van der Waals surface area contributed by atoms with Crippen molar-refractivity contribution in [3.05, 3.63) is 144 Å². The number of rotatable bonds is 12. The molecule has 8 rings (SSSR count). The quantitative estimate of drug-likeness (QED) is 0.0875. The van der Waals surface area contributed by atoms with Crippen LogP contribution in [-0.2, 0) is 23.1 Å². The van der Waals surface area contributed by atoms with E-state index < -0.39 is 71.1 Å². The molecule has 1 aliphatic carbocycles. The predicted molar refractivity (Wildman–Crippen MR) is 267 cm³/mol. The van der Waals surface area contributed by atoms with Gasteiger partial charge in [0, 0.05) is 17.0 Å². The van der Waals surface area contributed by atoms with Gasteiger partial charge >= 0.3 is 12.1 Å². The number of carbonyl (C=O) groups is 4. The molecule has 2 aromatic heterocycles. The second kappa shape index (κ2) is 18.8. The van der Waals surface area contributed by atoms with Crippen molar-refractivity contribution in [2.75, 3.05) is 11.5 Å². The number of nitrogens with zero attached hydrogens (tertiary/aromatic N) is 5. The standard InChI is InChI=1S/C52H60N6O9Si2/c1-51(2,3)68(7,8)66-41-39(56-50(63)64-29-38-36-27-19-17-25-34(36)35-26-18-20-28-37(35)38)48(65-43(49(61)62)42(41)67-69(9,10)52(4,5)6)57-31-55-40-44(57)53-30-54-45(40)58(46(59)32-21-13-11-14-22-32)47(60)33-23-15-12-16-24-33/h11-28,30-31,38-39,41-43,48H,29H2,1-10H3,(H,56,63)(H,61,62)/t39-,41-,42+,43+,48?/m1/s1. The first-order valence-corrected chi connectivity index (χ1v) is 28.9. The molecule has 6 aromatic rings. The summed E-state index contributed by atoms with van der Waals surface area (Å²) in [5.41, 5.74) is 4.75. The highest BCUT2D eigenvalue weighted by Crippen LogP contribution is 2.47. The molecule has 15 nitrogen and oxygen atoms in total. The van der Waals surface area contributed by atoms with Crippen molar-refractivity contribution in [2.45, 2.75) is 114 Å². The van der Waals surface area contributed by atoms with Gasteiger partial charge in [0.25, 0.3) is 11.8 Å². The van der Waals surface area contributed by atoms with Gasteiger partial charge in [-0.05, 0) is 82.8 Å². The number of imide groups is 1. The fraction of sp³-hybridized carbons (Fsp3) is 0.365. The van der Waals surface area contributed by atoms with Gasteiger partial charge in [0.05, 0.1) is 12.4 Å². The van der Waals surface area contributed by atoms with Crippen LogP contribution in [0.3, 0.4) is 0 Å². The normalized spacial score (nSPS) is 19.7. The first kappa shape index (κ1) is 49.1. The highest BCUT2D eigenvalue weighted by atomic mass is 28.4. The van der Waals surface area contributed by atoms with Crippen LogP contribution < -0.4 is 10.2 Å². The van der Waals surface area contributed by atoms with Crippen molar-refractivity contribution in [3.63, 3.8) is 0 Å². The van der Waals surface area contributed by atoms with E-state index in [0.717, 1.165) is 27.2 Å². The summed E-state index contributed by atoms with van der Waals surface area (Å²) >= 11 is 0. The second-order valence-electron chi connectivity index (χ2n) is 20.7. The Morgan fingerprint density at radius 3 is 1.70 bits per heavy atom. The molecule has 1 unspecified atom stereocenters. The van der Waals surface area contributed by atoms with Gasteiger partial charge in [0.2, 0.25) is 0 Å². The molecular formula is C52H60N6O9Si2. The molecule has 1 saturated heterocycles. The predicted octanol–water partition coefficient (Wildman–Crippen LogP) is 9.98. The summed E-state index contributed by atoms with van der Waals surface area (Å²) < 4.78 is 28.7. The van der Waals surface area contributed by atoms with Crippen molar-refractivity contribution in [2.24, 2.45) is 0 Å². The van der Waals surface area contributed by atoms with E-state index in [4.69, 9.17) is 23.3 Å². The van der Waals surface area contributed by atoms with Gasteiger partial charge < -0.3 is 28.7 Å². The zero-order chi connectivity index (χ0) is 49.6. The van der Waals surface area contributed by atoms with E-state index in [1.54, 1.807) is 60.7 Å². The monoisotopic (exact) mass is 968 g/mol. The van der Waals surface area contributed by atoms with E-state index in [2.05, 4.69) is 82.1 Å². The van der Waals surface area contributed by atoms with Gasteiger partial charge in [-0.2, -0.15) is 0 Å². The number of nitrogens with one attached hydrogen (secondary N) is 1. The van der Waals surface area contributed by atoms with E-state index in [9.17, 15) is 24.3 Å². The molecule has 2 N–H and O–H groups in total. The number of carbonyl (C=O) groups excluding carboxylic acids is 3. The second-order valence-corrected chi connectivity index (χ2v) is 30.2. The number of fused-ring (bicyclic) bond motifs is 4. The van der Waals surface area contributed by atoms with E-state index in [1.807, 2.05) is 49.5 Å². The maximum Gasteiger partial charge on any atom is 0.407 e. The summed E-state index contributed by atoms with van der Waals surface area (Å²) in [6, 6.07) is 31.5. The van der Waals surface area contributed by atoms with Gasteiger partial charge in [0.15, 0.2) is 45.9 Å². The maximum absolute atomic E-state index is 14.6. The molecule has 0 saturated carbocycles. The lowest BCUT2D eigenvalue weighted by atomic mass is 9.95. The number of ether oxygens (including phenoxy) is 2.